The van der Waals surface area contributed by atoms with Crippen LogP contribution in [0.4, 0.5) is 13.2 Å². The number of amides is 1. The van der Waals surface area contributed by atoms with Gasteiger partial charge in [-0.2, -0.15) is 13.2 Å². The van der Waals surface area contributed by atoms with E-state index in [1.807, 2.05) is 25.1 Å². The van der Waals surface area contributed by atoms with Gasteiger partial charge in [0.2, 0.25) is 5.91 Å². The lowest BCUT2D eigenvalue weighted by atomic mass is 10.2. The van der Waals surface area contributed by atoms with Crippen LogP contribution in [0.5, 0.6) is 5.75 Å². The molecule has 0 aliphatic carbocycles. The predicted molar refractivity (Wildman–Crippen MR) is 90.0 cm³/mol. The Morgan fingerprint density at radius 3 is 2.62 bits per heavy atom. The molecule has 0 saturated carbocycles. The van der Waals surface area contributed by atoms with E-state index >= 15 is 0 Å². The average molecular weight is 368 g/mol. The first-order chi connectivity index (χ1) is 12.2. The first kappa shape index (κ1) is 19.6. The maximum Gasteiger partial charge on any atom is 0.421 e. The predicted octanol–water partition coefficient (Wildman–Crippen LogP) is 2.71. The molecule has 2 aromatic rings. The first-order valence-electron chi connectivity index (χ1n) is 7.88. The molecule has 0 N–H and O–H groups in total. The lowest BCUT2D eigenvalue weighted by Gasteiger charge is -2.18. The third-order valence-corrected chi connectivity index (χ3v) is 3.74. The Hall–Kier alpha value is -2.77. The SMILES string of the molecule is Cc1cccc(OCCN(C)C(=O)Cn2cccc(C(F)(F)F)c2=O)c1. The van der Waals surface area contributed by atoms with Crippen molar-refractivity contribution in [2.45, 2.75) is 19.6 Å². The van der Waals surface area contributed by atoms with E-state index < -0.39 is 29.8 Å². The number of likely N-dealkylation sites (N-methyl/N-ethyl adjacent to an activating group) is 1. The number of hydrogen-bond donors (Lipinski definition) is 0. The quantitative estimate of drug-likeness (QED) is 0.788. The summed E-state index contributed by atoms with van der Waals surface area (Å²) in [5.74, 6) is 0.180. The maximum atomic E-state index is 12.8. The second kappa shape index (κ2) is 8.07. The summed E-state index contributed by atoms with van der Waals surface area (Å²) in [5, 5.41) is 0. The van der Waals surface area contributed by atoms with Gasteiger partial charge in [-0.3, -0.25) is 9.59 Å². The number of carbonyl (C=O) groups excluding carboxylic acids is 1. The van der Waals surface area contributed by atoms with Crippen LogP contribution in [0.1, 0.15) is 11.1 Å². The lowest BCUT2D eigenvalue weighted by molar-refractivity contribution is -0.139. The summed E-state index contributed by atoms with van der Waals surface area (Å²) in [6.45, 7) is 1.92. The smallest absolute Gasteiger partial charge is 0.421 e. The molecule has 0 aliphatic heterocycles. The van der Waals surface area contributed by atoms with Gasteiger partial charge in [0, 0.05) is 13.2 Å². The number of halogens is 3. The normalized spacial score (nSPS) is 11.3. The number of alkyl halides is 3. The van der Waals surface area contributed by atoms with E-state index in [0.29, 0.717) is 11.8 Å². The van der Waals surface area contributed by atoms with Gasteiger partial charge in [0.1, 0.15) is 24.5 Å². The number of rotatable bonds is 6. The molecule has 0 fully saturated rings. The fraction of sp³-hybridized carbons (Fsp3) is 0.333. The van der Waals surface area contributed by atoms with E-state index in [9.17, 15) is 22.8 Å². The van der Waals surface area contributed by atoms with Gasteiger partial charge in [-0.25, -0.2) is 0 Å². The molecule has 2 rings (SSSR count). The van der Waals surface area contributed by atoms with Crippen molar-refractivity contribution in [2.75, 3.05) is 20.2 Å². The number of pyridine rings is 1. The van der Waals surface area contributed by atoms with Crippen LogP contribution in [-0.4, -0.2) is 35.6 Å². The summed E-state index contributed by atoms with van der Waals surface area (Å²) < 4.78 is 44.6. The van der Waals surface area contributed by atoms with Gasteiger partial charge in [-0.1, -0.05) is 12.1 Å². The molecule has 26 heavy (non-hydrogen) atoms. The average Bonchev–Trinajstić information content (AvgIpc) is 2.55. The molecule has 0 atom stereocenters. The molecule has 140 valence electrons. The van der Waals surface area contributed by atoms with Crippen molar-refractivity contribution in [3.05, 3.63) is 64.1 Å². The highest BCUT2D eigenvalue weighted by atomic mass is 19.4. The zero-order valence-corrected chi connectivity index (χ0v) is 14.4. The van der Waals surface area contributed by atoms with E-state index in [4.69, 9.17) is 4.74 Å². The number of carbonyl (C=O) groups is 1. The molecule has 1 aromatic carbocycles. The van der Waals surface area contributed by atoms with Gasteiger partial charge >= 0.3 is 6.18 Å². The third-order valence-electron chi connectivity index (χ3n) is 3.74. The van der Waals surface area contributed by atoms with Crippen LogP contribution < -0.4 is 10.3 Å². The second-order valence-electron chi connectivity index (χ2n) is 5.83. The van der Waals surface area contributed by atoms with Crippen molar-refractivity contribution in [1.29, 1.82) is 0 Å². The van der Waals surface area contributed by atoms with Crippen molar-refractivity contribution in [1.82, 2.24) is 9.47 Å². The number of benzene rings is 1. The van der Waals surface area contributed by atoms with Crippen molar-refractivity contribution in [2.24, 2.45) is 0 Å². The molecule has 1 amide bonds. The Bertz CT molecular complexity index is 831. The zero-order valence-electron chi connectivity index (χ0n) is 14.4. The number of ether oxygens (including phenoxy) is 1. The summed E-state index contributed by atoms with van der Waals surface area (Å²) >= 11 is 0. The van der Waals surface area contributed by atoms with E-state index in [1.54, 1.807) is 6.07 Å². The van der Waals surface area contributed by atoms with Gasteiger partial charge in [0.15, 0.2) is 0 Å². The van der Waals surface area contributed by atoms with Crippen LogP contribution in [0.2, 0.25) is 0 Å². The fourth-order valence-electron chi connectivity index (χ4n) is 2.27. The van der Waals surface area contributed by atoms with Crippen LogP contribution in [0.25, 0.3) is 0 Å². The van der Waals surface area contributed by atoms with Gasteiger partial charge in [0.25, 0.3) is 5.56 Å². The summed E-state index contributed by atoms with van der Waals surface area (Å²) in [7, 11) is 1.50. The molecule has 8 heteroatoms. The number of hydrogen-bond acceptors (Lipinski definition) is 3. The van der Waals surface area contributed by atoms with Crippen LogP contribution in [0, 0.1) is 6.92 Å². The molecule has 0 radical (unpaired) electrons. The topological polar surface area (TPSA) is 51.5 Å². The maximum absolute atomic E-state index is 12.8. The molecule has 0 aliphatic rings. The van der Waals surface area contributed by atoms with Crippen molar-refractivity contribution >= 4 is 5.91 Å². The highest BCUT2D eigenvalue weighted by Crippen LogP contribution is 2.25. The van der Waals surface area contributed by atoms with Crippen molar-refractivity contribution in [3.8, 4) is 5.75 Å². The van der Waals surface area contributed by atoms with Crippen LogP contribution in [-0.2, 0) is 17.5 Å². The molecule has 0 unspecified atom stereocenters. The standard InChI is InChI=1S/C18H19F3N2O3/c1-13-5-3-6-14(11-13)26-10-9-22(2)16(24)12-23-8-4-7-15(17(23)25)18(19,20)21/h3-8,11H,9-10,12H2,1-2H3. The molecular weight excluding hydrogens is 349 g/mol. The van der Waals surface area contributed by atoms with E-state index in [-0.39, 0.29) is 13.2 Å². The largest absolute Gasteiger partial charge is 0.492 e. The molecule has 0 spiro atoms. The number of nitrogens with zero attached hydrogens (tertiary/aromatic N) is 2. The molecule has 0 saturated heterocycles. The molecule has 5 nitrogen and oxygen atoms in total. The Kier molecular flexibility index (Phi) is 6.07. The third kappa shape index (κ3) is 5.11. The summed E-state index contributed by atoms with van der Waals surface area (Å²) in [6.07, 6.45) is -3.59. The van der Waals surface area contributed by atoms with Gasteiger partial charge in [0.05, 0.1) is 6.54 Å². The van der Waals surface area contributed by atoms with Crippen LogP contribution >= 0.6 is 0 Å². The Labute approximate surface area is 148 Å². The summed E-state index contributed by atoms with van der Waals surface area (Å²) in [4.78, 5) is 25.3. The summed E-state index contributed by atoms with van der Waals surface area (Å²) in [6, 6.07) is 9.21. The Morgan fingerprint density at radius 2 is 1.96 bits per heavy atom. The molecule has 1 heterocycles. The van der Waals surface area contributed by atoms with Gasteiger partial charge in [-0.05, 0) is 36.8 Å². The fourth-order valence-corrected chi connectivity index (χ4v) is 2.27. The van der Waals surface area contributed by atoms with Crippen molar-refractivity contribution < 1.29 is 22.7 Å². The second-order valence-corrected chi connectivity index (χ2v) is 5.83. The Balaban J connectivity index is 1.94. The van der Waals surface area contributed by atoms with E-state index in [1.165, 1.54) is 11.9 Å². The number of aromatic nitrogens is 1. The Morgan fingerprint density at radius 1 is 1.23 bits per heavy atom. The van der Waals surface area contributed by atoms with E-state index in [0.717, 1.165) is 22.4 Å². The van der Waals surface area contributed by atoms with Gasteiger partial charge < -0.3 is 14.2 Å². The highest BCUT2D eigenvalue weighted by Gasteiger charge is 2.34. The minimum Gasteiger partial charge on any atom is -0.492 e. The van der Waals surface area contributed by atoms with Crippen LogP contribution in [0.15, 0.2) is 47.4 Å². The number of aryl methyl sites for hydroxylation is 1. The van der Waals surface area contributed by atoms with Gasteiger partial charge in [-0.15, -0.1) is 0 Å². The van der Waals surface area contributed by atoms with E-state index in [2.05, 4.69) is 0 Å². The van der Waals surface area contributed by atoms with Crippen molar-refractivity contribution in [3.63, 3.8) is 0 Å². The first-order valence-corrected chi connectivity index (χ1v) is 7.88. The van der Waals surface area contributed by atoms with Crippen LogP contribution in [0.3, 0.4) is 0 Å². The minimum absolute atomic E-state index is 0.225. The molecule has 1 aromatic heterocycles. The monoisotopic (exact) mass is 368 g/mol. The minimum atomic E-state index is -4.75. The highest BCUT2D eigenvalue weighted by molar-refractivity contribution is 5.75. The molecule has 0 bridgehead atoms. The molecular formula is C18H19F3N2O3. The summed E-state index contributed by atoms with van der Waals surface area (Å²) in [5.41, 5.74) is -1.49. The lowest BCUT2D eigenvalue weighted by Crippen LogP contribution is -2.37. The zero-order chi connectivity index (χ0) is 19.3.